The van der Waals surface area contributed by atoms with E-state index in [1.165, 1.54) is 12.1 Å². The number of pyridine rings is 1. The molecule has 0 saturated heterocycles. The van der Waals surface area contributed by atoms with Crippen molar-refractivity contribution in [3.63, 3.8) is 0 Å². The molecule has 1 aromatic heterocycles. The summed E-state index contributed by atoms with van der Waals surface area (Å²) < 4.78 is 11.3. The molecule has 0 bridgehead atoms. The lowest BCUT2D eigenvalue weighted by molar-refractivity contribution is -0.384. The van der Waals surface area contributed by atoms with E-state index in [4.69, 9.17) is 21.1 Å². The Kier molecular flexibility index (Phi) is 8.03. The summed E-state index contributed by atoms with van der Waals surface area (Å²) in [5, 5.41) is 17.7. The zero-order valence-electron chi connectivity index (χ0n) is 17.0. The van der Waals surface area contributed by atoms with Crippen molar-refractivity contribution in [3.05, 3.63) is 87.2 Å². The molecular weight excluding hydrogens is 420 g/mol. The van der Waals surface area contributed by atoms with Crippen LogP contribution in [0.3, 0.4) is 0 Å². The number of aromatic nitrogens is 1. The van der Waals surface area contributed by atoms with E-state index in [-0.39, 0.29) is 5.69 Å². The smallest absolute Gasteiger partial charge is 0.269 e. The van der Waals surface area contributed by atoms with E-state index < -0.39 is 4.92 Å². The van der Waals surface area contributed by atoms with Crippen molar-refractivity contribution < 1.29 is 14.4 Å². The predicted octanol–water partition coefficient (Wildman–Crippen LogP) is 4.43. The Morgan fingerprint density at radius 3 is 2.48 bits per heavy atom. The average Bonchev–Trinajstić information content (AvgIpc) is 2.79. The second-order valence-electron chi connectivity index (χ2n) is 6.67. The average molecular weight is 443 g/mol. The first-order valence-electron chi connectivity index (χ1n) is 9.64. The summed E-state index contributed by atoms with van der Waals surface area (Å²) in [4.78, 5) is 14.3. The number of nitrogens with one attached hydrogen (secondary N) is 2. The summed E-state index contributed by atoms with van der Waals surface area (Å²) in [6, 6.07) is 15.7. The number of non-ortho nitro benzene ring substituents is 1. The van der Waals surface area contributed by atoms with Crippen molar-refractivity contribution in [1.29, 1.82) is 0 Å². The van der Waals surface area contributed by atoms with Crippen molar-refractivity contribution in [2.45, 2.75) is 13.2 Å². The highest BCUT2D eigenvalue weighted by Gasteiger charge is 2.07. The van der Waals surface area contributed by atoms with Crippen molar-refractivity contribution in [2.24, 2.45) is 0 Å². The van der Waals surface area contributed by atoms with Gasteiger partial charge in [0.05, 0.1) is 12.0 Å². The van der Waals surface area contributed by atoms with Gasteiger partial charge in [-0.2, -0.15) is 0 Å². The van der Waals surface area contributed by atoms with E-state index in [1.807, 2.05) is 24.3 Å². The van der Waals surface area contributed by atoms with Gasteiger partial charge in [-0.1, -0.05) is 23.7 Å². The van der Waals surface area contributed by atoms with Crippen LogP contribution in [-0.4, -0.2) is 30.1 Å². The summed E-state index contributed by atoms with van der Waals surface area (Å²) in [5.74, 6) is 1.31. The molecular formula is C22H23ClN4O4. The molecule has 9 heteroatoms. The number of halogens is 1. The van der Waals surface area contributed by atoms with E-state index in [9.17, 15) is 10.1 Å². The molecule has 0 amide bonds. The SMILES string of the molecule is COc1cc(CNCCNc2ccc([N+](=O)[O-])cc2)ccc1OCc1ccc(Cl)nc1. The maximum Gasteiger partial charge on any atom is 0.269 e. The van der Waals surface area contributed by atoms with Crippen LogP contribution < -0.4 is 20.1 Å². The lowest BCUT2D eigenvalue weighted by Crippen LogP contribution is -2.21. The second kappa shape index (κ2) is 11.1. The Morgan fingerprint density at radius 2 is 1.81 bits per heavy atom. The third-order valence-corrected chi connectivity index (χ3v) is 4.67. The van der Waals surface area contributed by atoms with E-state index in [0.717, 1.165) is 23.4 Å². The molecule has 8 nitrogen and oxygen atoms in total. The zero-order valence-corrected chi connectivity index (χ0v) is 17.8. The number of nitro benzene ring substituents is 1. The van der Waals surface area contributed by atoms with Gasteiger partial charge in [0.15, 0.2) is 11.5 Å². The van der Waals surface area contributed by atoms with Gasteiger partial charge >= 0.3 is 0 Å². The summed E-state index contributed by atoms with van der Waals surface area (Å²) in [6.07, 6.45) is 1.68. The third-order valence-electron chi connectivity index (χ3n) is 4.45. The van der Waals surface area contributed by atoms with Crippen LogP contribution in [0.4, 0.5) is 11.4 Å². The number of hydrogen-bond donors (Lipinski definition) is 2. The number of anilines is 1. The minimum absolute atomic E-state index is 0.0786. The van der Waals surface area contributed by atoms with Gasteiger partial charge in [-0.3, -0.25) is 10.1 Å². The number of nitro groups is 1. The van der Waals surface area contributed by atoms with Gasteiger partial charge < -0.3 is 20.1 Å². The highest BCUT2D eigenvalue weighted by atomic mass is 35.5. The van der Waals surface area contributed by atoms with Crippen LogP contribution in [0.25, 0.3) is 0 Å². The number of nitrogens with zero attached hydrogens (tertiary/aromatic N) is 2. The van der Waals surface area contributed by atoms with Crippen molar-refractivity contribution in [3.8, 4) is 11.5 Å². The summed E-state index contributed by atoms with van der Waals surface area (Å²) in [7, 11) is 1.61. The lowest BCUT2D eigenvalue weighted by Gasteiger charge is -2.13. The summed E-state index contributed by atoms with van der Waals surface area (Å²) in [6.45, 7) is 2.44. The van der Waals surface area contributed by atoms with Crippen LogP contribution in [0.2, 0.25) is 5.15 Å². The Labute approximate surface area is 185 Å². The number of methoxy groups -OCH3 is 1. The Morgan fingerprint density at radius 1 is 1.03 bits per heavy atom. The van der Waals surface area contributed by atoms with E-state index >= 15 is 0 Å². The molecule has 0 aliphatic heterocycles. The molecule has 1 heterocycles. The summed E-state index contributed by atoms with van der Waals surface area (Å²) in [5.41, 5.74) is 2.90. The lowest BCUT2D eigenvalue weighted by atomic mass is 10.2. The molecule has 3 rings (SSSR count). The Bertz CT molecular complexity index is 997. The van der Waals surface area contributed by atoms with Gasteiger partial charge in [0.1, 0.15) is 11.8 Å². The van der Waals surface area contributed by atoms with Crippen LogP contribution >= 0.6 is 11.6 Å². The number of rotatable bonds is 11. The van der Waals surface area contributed by atoms with Crippen LogP contribution in [0.15, 0.2) is 60.8 Å². The molecule has 0 aliphatic rings. The van der Waals surface area contributed by atoms with E-state index in [0.29, 0.717) is 36.3 Å². The molecule has 2 aromatic carbocycles. The second-order valence-corrected chi connectivity index (χ2v) is 7.06. The van der Waals surface area contributed by atoms with Crippen molar-refractivity contribution in [2.75, 3.05) is 25.5 Å². The number of benzene rings is 2. The normalized spacial score (nSPS) is 10.5. The third kappa shape index (κ3) is 6.84. The molecule has 162 valence electrons. The van der Waals surface area contributed by atoms with Crippen LogP contribution in [0.5, 0.6) is 11.5 Å². The molecule has 3 aromatic rings. The minimum atomic E-state index is -0.412. The molecule has 0 saturated carbocycles. The largest absolute Gasteiger partial charge is 0.493 e. The van der Waals surface area contributed by atoms with Crippen LogP contribution in [0.1, 0.15) is 11.1 Å². The Balaban J connectivity index is 1.43. The first kappa shape index (κ1) is 22.3. The van der Waals surface area contributed by atoms with Crippen LogP contribution in [-0.2, 0) is 13.2 Å². The molecule has 31 heavy (non-hydrogen) atoms. The quantitative estimate of drug-likeness (QED) is 0.196. The predicted molar refractivity (Wildman–Crippen MR) is 120 cm³/mol. The maximum absolute atomic E-state index is 10.7. The van der Waals surface area contributed by atoms with E-state index in [2.05, 4.69) is 15.6 Å². The fraction of sp³-hybridized carbons (Fsp3) is 0.227. The molecule has 0 fully saturated rings. The fourth-order valence-corrected chi connectivity index (χ4v) is 2.93. The first-order valence-corrected chi connectivity index (χ1v) is 10.0. The van der Waals surface area contributed by atoms with E-state index in [1.54, 1.807) is 31.5 Å². The van der Waals surface area contributed by atoms with Crippen molar-refractivity contribution >= 4 is 23.0 Å². The highest BCUT2D eigenvalue weighted by Crippen LogP contribution is 2.29. The molecule has 2 N–H and O–H groups in total. The molecule has 0 aliphatic carbocycles. The Hall–Kier alpha value is -3.36. The number of ether oxygens (including phenoxy) is 2. The zero-order chi connectivity index (χ0) is 22.1. The first-order chi connectivity index (χ1) is 15.0. The van der Waals surface area contributed by atoms with Gasteiger partial charge in [0.2, 0.25) is 0 Å². The van der Waals surface area contributed by atoms with Gasteiger partial charge in [-0.25, -0.2) is 4.98 Å². The number of hydrogen-bond acceptors (Lipinski definition) is 7. The van der Waals surface area contributed by atoms with Crippen LogP contribution in [0, 0.1) is 10.1 Å². The standard InChI is InChI=1S/C22H23ClN4O4/c1-30-21-12-16(2-8-20(21)31-15-17-3-9-22(23)26-14-17)13-24-10-11-25-18-4-6-19(7-5-18)27(28)29/h2-9,12,14,24-25H,10-11,13,15H2,1H3. The van der Waals surface area contributed by atoms with Gasteiger partial charge in [0.25, 0.3) is 5.69 Å². The monoisotopic (exact) mass is 442 g/mol. The topological polar surface area (TPSA) is 98.5 Å². The molecule has 0 atom stereocenters. The molecule has 0 radical (unpaired) electrons. The maximum atomic E-state index is 10.7. The van der Waals surface area contributed by atoms with Gasteiger partial charge in [-0.15, -0.1) is 0 Å². The van der Waals surface area contributed by atoms with Gasteiger partial charge in [0, 0.05) is 49.2 Å². The fourth-order valence-electron chi connectivity index (χ4n) is 2.82. The van der Waals surface area contributed by atoms with Crippen molar-refractivity contribution in [1.82, 2.24) is 10.3 Å². The molecule has 0 unspecified atom stereocenters. The summed E-state index contributed by atoms with van der Waals surface area (Å²) >= 11 is 5.80. The van der Waals surface area contributed by atoms with Gasteiger partial charge in [-0.05, 0) is 35.9 Å². The minimum Gasteiger partial charge on any atom is -0.493 e. The molecule has 0 spiro atoms. The highest BCUT2D eigenvalue weighted by molar-refractivity contribution is 6.29.